The summed E-state index contributed by atoms with van der Waals surface area (Å²) < 4.78 is 40.9. The molecule has 0 aliphatic rings. The molecule has 0 aromatic heterocycles. The topological polar surface area (TPSA) is 66.4 Å². The quantitative estimate of drug-likeness (QED) is 0.805. The molecule has 2 rings (SSSR count). The first-order valence-corrected chi connectivity index (χ1v) is 8.26. The van der Waals surface area contributed by atoms with E-state index in [1.165, 1.54) is 12.1 Å². The first-order valence-electron chi connectivity index (χ1n) is 5.99. The van der Waals surface area contributed by atoms with Gasteiger partial charge in [0.15, 0.2) is 0 Å². The minimum atomic E-state index is -4.12. The smallest absolute Gasteiger partial charge is 0.264 e. The van der Waals surface area contributed by atoms with E-state index in [0.717, 1.165) is 17.7 Å². The normalized spacial score (nSPS) is 11.4. The van der Waals surface area contributed by atoms with Crippen molar-refractivity contribution in [2.24, 2.45) is 0 Å². The number of hydrogen-bond donors (Lipinski definition) is 2. The van der Waals surface area contributed by atoms with Crippen molar-refractivity contribution in [1.82, 2.24) is 0 Å². The number of sulfonamides is 1. The fourth-order valence-electron chi connectivity index (χ4n) is 1.93. The van der Waals surface area contributed by atoms with Gasteiger partial charge in [0.05, 0.1) is 5.69 Å². The summed E-state index contributed by atoms with van der Waals surface area (Å²) in [5.74, 6) is -1.05. The van der Waals surface area contributed by atoms with Crippen molar-refractivity contribution in [2.45, 2.75) is 18.7 Å². The monoisotopic (exact) mass is 373 g/mol. The Balaban J connectivity index is 2.47. The highest BCUT2D eigenvalue weighted by molar-refractivity contribution is 9.10. The summed E-state index contributed by atoms with van der Waals surface area (Å²) in [5, 5.41) is 9.92. The number of phenols is 1. The standard InChI is InChI=1S/C14H13BrFNO3S/c1-8-5-9(2)14(18)12(6-8)17-21(19,20)13-4-3-10(15)7-11(13)16/h3-7,17-18H,1-2H3. The predicted octanol–water partition coefficient (Wildman–Crippen LogP) is 3.71. The van der Waals surface area contributed by atoms with Gasteiger partial charge in [-0.1, -0.05) is 22.0 Å². The van der Waals surface area contributed by atoms with Gasteiger partial charge in [-0.3, -0.25) is 4.72 Å². The zero-order chi connectivity index (χ0) is 15.8. The highest BCUT2D eigenvalue weighted by Crippen LogP contribution is 2.31. The molecule has 0 aliphatic heterocycles. The highest BCUT2D eigenvalue weighted by atomic mass is 79.9. The molecule has 112 valence electrons. The van der Waals surface area contributed by atoms with E-state index in [4.69, 9.17) is 0 Å². The lowest BCUT2D eigenvalue weighted by Crippen LogP contribution is -2.15. The summed E-state index contributed by atoms with van der Waals surface area (Å²) in [7, 11) is -4.12. The van der Waals surface area contributed by atoms with Crippen molar-refractivity contribution >= 4 is 31.6 Å². The molecule has 2 aromatic carbocycles. The van der Waals surface area contributed by atoms with Gasteiger partial charge in [0.2, 0.25) is 0 Å². The van der Waals surface area contributed by atoms with Crippen molar-refractivity contribution in [3.63, 3.8) is 0 Å². The second-order valence-corrected chi connectivity index (χ2v) is 7.22. The molecule has 0 bridgehead atoms. The van der Waals surface area contributed by atoms with Crippen LogP contribution in [0.1, 0.15) is 11.1 Å². The number of rotatable bonds is 3. The zero-order valence-electron chi connectivity index (χ0n) is 11.3. The number of nitrogens with one attached hydrogen (secondary N) is 1. The van der Waals surface area contributed by atoms with Crippen LogP contribution in [0.25, 0.3) is 0 Å². The average molecular weight is 374 g/mol. The number of hydrogen-bond acceptors (Lipinski definition) is 3. The van der Waals surface area contributed by atoms with Crippen LogP contribution in [-0.4, -0.2) is 13.5 Å². The molecule has 0 atom stereocenters. The van der Waals surface area contributed by atoms with E-state index in [2.05, 4.69) is 20.7 Å². The van der Waals surface area contributed by atoms with Gasteiger partial charge in [-0.2, -0.15) is 0 Å². The summed E-state index contributed by atoms with van der Waals surface area (Å²) in [5.41, 5.74) is 1.33. The minimum absolute atomic E-state index is 0.0230. The van der Waals surface area contributed by atoms with Gasteiger partial charge in [-0.15, -0.1) is 0 Å². The fourth-order valence-corrected chi connectivity index (χ4v) is 3.38. The first kappa shape index (κ1) is 15.8. The van der Waals surface area contributed by atoms with Crippen LogP contribution < -0.4 is 4.72 Å². The van der Waals surface area contributed by atoms with Crippen LogP contribution in [-0.2, 0) is 10.0 Å². The Morgan fingerprint density at radius 3 is 2.48 bits per heavy atom. The lowest BCUT2D eigenvalue weighted by atomic mass is 10.1. The maximum Gasteiger partial charge on any atom is 0.264 e. The Labute approximate surface area is 130 Å². The minimum Gasteiger partial charge on any atom is -0.505 e. The van der Waals surface area contributed by atoms with Crippen LogP contribution in [0.4, 0.5) is 10.1 Å². The largest absolute Gasteiger partial charge is 0.505 e. The third kappa shape index (κ3) is 3.36. The van der Waals surface area contributed by atoms with E-state index in [-0.39, 0.29) is 11.4 Å². The molecule has 4 nitrogen and oxygen atoms in total. The third-order valence-electron chi connectivity index (χ3n) is 2.87. The highest BCUT2D eigenvalue weighted by Gasteiger charge is 2.21. The molecule has 0 aliphatic carbocycles. The summed E-state index contributed by atoms with van der Waals surface area (Å²) in [6.45, 7) is 3.42. The molecule has 2 N–H and O–H groups in total. The van der Waals surface area contributed by atoms with Crippen molar-refractivity contribution in [3.05, 3.63) is 51.7 Å². The van der Waals surface area contributed by atoms with Crippen molar-refractivity contribution in [1.29, 1.82) is 0 Å². The SMILES string of the molecule is Cc1cc(C)c(O)c(NS(=O)(=O)c2ccc(Br)cc2F)c1. The van der Waals surface area contributed by atoms with Gasteiger partial charge in [0.25, 0.3) is 10.0 Å². The molecule has 0 radical (unpaired) electrons. The van der Waals surface area contributed by atoms with Crippen LogP contribution >= 0.6 is 15.9 Å². The molecule has 2 aromatic rings. The number of anilines is 1. The number of halogens is 2. The van der Waals surface area contributed by atoms with E-state index in [9.17, 15) is 17.9 Å². The second kappa shape index (κ2) is 5.65. The van der Waals surface area contributed by atoms with E-state index in [1.807, 2.05) is 0 Å². The van der Waals surface area contributed by atoms with Crippen LogP contribution in [0.3, 0.4) is 0 Å². The number of aryl methyl sites for hydroxylation is 2. The van der Waals surface area contributed by atoms with E-state index >= 15 is 0 Å². The Hall–Kier alpha value is -1.60. The molecule has 7 heteroatoms. The van der Waals surface area contributed by atoms with Crippen LogP contribution in [0.2, 0.25) is 0 Å². The summed E-state index contributed by atoms with van der Waals surface area (Å²) in [6, 6.07) is 6.85. The molecule has 0 saturated carbocycles. The van der Waals surface area contributed by atoms with Gasteiger partial charge in [0.1, 0.15) is 16.5 Å². The van der Waals surface area contributed by atoms with E-state index < -0.39 is 20.7 Å². The van der Waals surface area contributed by atoms with Crippen LogP contribution in [0.5, 0.6) is 5.75 Å². The molecule has 0 amide bonds. The maximum absolute atomic E-state index is 13.8. The van der Waals surface area contributed by atoms with Gasteiger partial charge in [-0.25, -0.2) is 12.8 Å². The van der Waals surface area contributed by atoms with E-state index in [1.54, 1.807) is 19.9 Å². The van der Waals surface area contributed by atoms with Crippen molar-refractivity contribution < 1.29 is 17.9 Å². The Bertz CT molecular complexity index is 806. The van der Waals surface area contributed by atoms with E-state index in [0.29, 0.717) is 10.0 Å². The number of phenolic OH excluding ortho intramolecular Hbond substituents is 1. The fraction of sp³-hybridized carbons (Fsp3) is 0.143. The second-order valence-electron chi connectivity index (χ2n) is 4.66. The van der Waals surface area contributed by atoms with Gasteiger partial charge in [0, 0.05) is 4.47 Å². The van der Waals surface area contributed by atoms with Gasteiger partial charge >= 0.3 is 0 Å². The Morgan fingerprint density at radius 1 is 1.19 bits per heavy atom. The van der Waals surface area contributed by atoms with Crippen LogP contribution in [0, 0.1) is 19.7 Å². The lowest BCUT2D eigenvalue weighted by molar-refractivity contribution is 0.473. The van der Waals surface area contributed by atoms with Crippen molar-refractivity contribution in [2.75, 3.05) is 4.72 Å². The van der Waals surface area contributed by atoms with Crippen LogP contribution in [0.15, 0.2) is 39.7 Å². The summed E-state index contributed by atoms with van der Waals surface area (Å²) in [6.07, 6.45) is 0. The molecule has 0 fully saturated rings. The molecule has 0 heterocycles. The lowest BCUT2D eigenvalue weighted by Gasteiger charge is -2.12. The molecule has 0 unspecified atom stereocenters. The molecule has 0 spiro atoms. The van der Waals surface area contributed by atoms with Gasteiger partial charge < -0.3 is 5.11 Å². The maximum atomic E-state index is 13.8. The molecule has 0 saturated heterocycles. The zero-order valence-corrected chi connectivity index (χ0v) is 13.7. The first-order chi connectivity index (χ1) is 9.70. The molecular formula is C14H13BrFNO3S. The molecular weight excluding hydrogens is 361 g/mol. The number of benzene rings is 2. The Kier molecular flexibility index (Phi) is 4.25. The summed E-state index contributed by atoms with van der Waals surface area (Å²) >= 11 is 3.07. The van der Waals surface area contributed by atoms with Gasteiger partial charge in [-0.05, 0) is 49.2 Å². The average Bonchev–Trinajstić information content (AvgIpc) is 2.34. The number of aromatic hydroxyl groups is 1. The third-order valence-corrected chi connectivity index (χ3v) is 4.76. The summed E-state index contributed by atoms with van der Waals surface area (Å²) in [4.78, 5) is -0.482. The Morgan fingerprint density at radius 2 is 1.86 bits per heavy atom. The predicted molar refractivity (Wildman–Crippen MR) is 82.5 cm³/mol. The van der Waals surface area contributed by atoms with Crippen molar-refractivity contribution in [3.8, 4) is 5.75 Å². The molecule has 21 heavy (non-hydrogen) atoms.